The highest BCUT2D eigenvalue weighted by molar-refractivity contribution is 5.59. The fourth-order valence-electron chi connectivity index (χ4n) is 4.74. The lowest BCUT2D eigenvalue weighted by atomic mass is 9.92. The van der Waals surface area contributed by atoms with Crippen LogP contribution in [-0.4, -0.2) is 41.4 Å². The molecule has 0 spiro atoms. The van der Waals surface area contributed by atoms with Crippen molar-refractivity contribution in [3.05, 3.63) is 77.4 Å². The molecule has 3 aromatic rings. The van der Waals surface area contributed by atoms with Crippen molar-refractivity contribution in [2.24, 2.45) is 5.92 Å². The first-order valence-electron chi connectivity index (χ1n) is 11.4. The van der Waals surface area contributed by atoms with Crippen LogP contribution >= 0.6 is 0 Å². The number of hydrogen-bond acceptors (Lipinski definition) is 5. The quantitative estimate of drug-likeness (QED) is 0.642. The van der Waals surface area contributed by atoms with Gasteiger partial charge in [0, 0.05) is 45.0 Å². The lowest BCUT2D eigenvalue weighted by Gasteiger charge is -2.34. The van der Waals surface area contributed by atoms with E-state index in [9.17, 15) is 0 Å². The number of ether oxygens (including phenoxy) is 1. The molecule has 0 radical (unpaired) electrons. The molecule has 0 saturated carbocycles. The van der Waals surface area contributed by atoms with E-state index in [2.05, 4.69) is 50.7 Å². The van der Waals surface area contributed by atoms with Crippen LogP contribution in [0.4, 0.5) is 5.82 Å². The van der Waals surface area contributed by atoms with Crippen LogP contribution in [0.15, 0.2) is 60.7 Å². The van der Waals surface area contributed by atoms with E-state index in [4.69, 9.17) is 4.74 Å². The Morgan fingerprint density at radius 3 is 2.61 bits per heavy atom. The Kier molecular flexibility index (Phi) is 6.23. The number of fused-ring (bicyclic) bond motifs is 1. The van der Waals surface area contributed by atoms with Gasteiger partial charge in [-0.15, -0.1) is 10.2 Å². The van der Waals surface area contributed by atoms with Crippen LogP contribution in [-0.2, 0) is 24.2 Å². The molecule has 2 aromatic carbocycles. The SMILES string of the molecule is c1ccc(-c2ccc(NCc3cccc4c3CCN(CC3CCOCC3)C4)nn2)cc1. The second kappa shape index (κ2) is 9.58. The Bertz CT molecular complexity index is 984. The number of hydrogen-bond donors (Lipinski definition) is 1. The summed E-state index contributed by atoms with van der Waals surface area (Å²) in [6.07, 6.45) is 3.53. The predicted molar refractivity (Wildman–Crippen MR) is 124 cm³/mol. The van der Waals surface area contributed by atoms with Gasteiger partial charge in [-0.3, -0.25) is 4.90 Å². The van der Waals surface area contributed by atoms with Crippen molar-refractivity contribution >= 4 is 5.82 Å². The van der Waals surface area contributed by atoms with Gasteiger partial charge in [-0.1, -0.05) is 48.5 Å². The van der Waals surface area contributed by atoms with Crippen molar-refractivity contribution in [2.75, 3.05) is 31.6 Å². The summed E-state index contributed by atoms with van der Waals surface area (Å²) >= 11 is 0. The van der Waals surface area contributed by atoms with Gasteiger partial charge >= 0.3 is 0 Å². The first-order valence-corrected chi connectivity index (χ1v) is 11.4. The highest BCUT2D eigenvalue weighted by Crippen LogP contribution is 2.26. The number of nitrogens with one attached hydrogen (secondary N) is 1. The molecule has 2 aliphatic heterocycles. The number of nitrogens with zero attached hydrogens (tertiary/aromatic N) is 3. The molecule has 0 atom stereocenters. The Balaban J connectivity index is 1.21. The van der Waals surface area contributed by atoms with Gasteiger partial charge in [-0.25, -0.2) is 0 Å². The summed E-state index contributed by atoms with van der Waals surface area (Å²) in [4.78, 5) is 2.63. The molecule has 0 aliphatic carbocycles. The second-order valence-corrected chi connectivity index (χ2v) is 8.62. The lowest BCUT2D eigenvalue weighted by molar-refractivity contribution is 0.0506. The van der Waals surface area contributed by atoms with Crippen molar-refractivity contribution in [3.63, 3.8) is 0 Å². The van der Waals surface area contributed by atoms with E-state index in [0.29, 0.717) is 0 Å². The first-order chi connectivity index (χ1) is 15.3. The van der Waals surface area contributed by atoms with E-state index < -0.39 is 0 Å². The van der Waals surface area contributed by atoms with E-state index >= 15 is 0 Å². The Morgan fingerprint density at radius 2 is 1.81 bits per heavy atom. The molecule has 0 amide bonds. The van der Waals surface area contributed by atoms with Gasteiger partial charge in [0.1, 0.15) is 5.82 Å². The number of anilines is 1. The second-order valence-electron chi connectivity index (χ2n) is 8.62. The molecular formula is C26H30N4O. The van der Waals surface area contributed by atoms with Crippen LogP contribution in [0.2, 0.25) is 0 Å². The third kappa shape index (κ3) is 4.94. The minimum absolute atomic E-state index is 0.780. The lowest BCUT2D eigenvalue weighted by Crippen LogP contribution is -2.36. The fourth-order valence-corrected chi connectivity index (χ4v) is 4.74. The summed E-state index contributed by atoms with van der Waals surface area (Å²) in [5.74, 6) is 1.60. The van der Waals surface area contributed by atoms with Crippen LogP contribution < -0.4 is 5.32 Å². The predicted octanol–water partition coefficient (Wildman–Crippen LogP) is 4.54. The summed E-state index contributed by atoms with van der Waals surface area (Å²) < 4.78 is 5.52. The maximum atomic E-state index is 5.52. The summed E-state index contributed by atoms with van der Waals surface area (Å²) in [7, 11) is 0. The van der Waals surface area contributed by atoms with Gasteiger partial charge in [0.15, 0.2) is 0 Å². The molecule has 1 fully saturated rings. The van der Waals surface area contributed by atoms with Gasteiger partial charge < -0.3 is 10.1 Å². The Labute approximate surface area is 184 Å². The largest absolute Gasteiger partial charge is 0.381 e. The maximum absolute atomic E-state index is 5.52. The van der Waals surface area contributed by atoms with Crippen LogP contribution in [0.1, 0.15) is 29.5 Å². The van der Waals surface area contributed by atoms with Crippen molar-refractivity contribution < 1.29 is 4.74 Å². The Hall–Kier alpha value is -2.76. The Morgan fingerprint density at radius 1 is 0.935 bits per heavy atom. The van der Waals surface area contributed by atoms with E-state index in [1.165, 1.54) is 36.1 Å². The third-order valence-corrected chi connectivity index (χ3v) is 6.49. The van der Waals surface area contributed by atoms with E-state index in [1.54, 1.807) is 0 Å². The molecular weight excluding hydrogens is 384 g/mol. The average Bonchev–Trinajstić information content (AvgIpc) is 2.84. The van der Waals surface area contributed by atoms with Crippen molar-refractivity contribution in [2.45, 2.75) is 32.4 Å². The summed E-state index contributed by atoms with van der Waals surface area (Å²) in [5.41, 5.74) is 6.34. The molecule has 5 nitrogen and oxygen atoms in total. The summed E-state index contributed by atoms with van der Waals surface area (Å²) in [6, 6.07) is 20.9. The standard InChI is InChI=1S/C26H30N4O/c1-2-5-21(6-3-1)25-9-10-26(29-28-25)27-17-22-7-4-8-23-19-30(14-11-24(22)23)18-20-12-15-31-16-13-20/h1-10,20H,11-19H2,(H,27,29). The molecule has 0 unspecified atom stereocenters. The molecule has 5 rings (SSSR count). The van der Waals surface area contributed by atoms with Gasteiger partial charge in [-0.05, 0) is 54.0 Å². The third-order valence-electron chi connectivity index (χ3n) is 6.49. The molecule has 1 aromatic heterocycles. The number of benzene rings is 2. The first kappa shape index (κ1) is 20.2. The molecule has 3 heterocycles. The van der Waals surface area contributed by atoms with Crippen LogP contribution in [0.3, 0.4) is 0 Å². The zero-order valence-corrected chi connectivity index (χ0v) is 18.0. The summed E-state index contributed by atoms with van der Waals surface area (Å²) in [5, 5.41) is 12.2. The highest BCUT2D eigenvalue weighted by Gasteiger charge is 2.22. The summed E-state index contributed by atoms with van der Waals surface area (Å²) in [6.45, 7) is 6.05. The molecule has 5 heteroatoms. The zero-order chi connectivity index (χ0) is 20.9. The molecule has 2 aliphatic rings. The smallest absolute Gasteiger partial charge is 0.148 e. The fraction of sp³-hybridized carbons (Fsp3) is 0.385. The highest BCUT2D eigenvalue weighted by atomic mass is 16.5. The average molecular weight is 415 g/mol. The van der Waals surface area contributed by atoms with Gasteiger partial charge in [0.25, 0.3) is 0 Å². The van der Waals surface area contributed by atoms with Crippen molar-refractivity contribution in [1.82, 2.24) is 15.1 Å². The van der Waals surface area contributed by atoms with Gasteiger partial charge in [0.2, 0.25) is 0 Å². The zero-order valence-electron chi connectivity index (χ0n) is 18.0. The molecule has 31 heavy (non-hydrogen) atoms. The van der Waals surface area contributed by atoms with Crippen LogP contribution in [0, 0.1) is 5.92 Å². The number of rotatable bonds is 6. The van der Waals surface area contributed by atoms with Crippen molar-refractivity contribution in [1.29, 1.82) is 0 Å². The van der Waals surface area contributed by atoms with E-state index in [0.717, 1.165) is 62.3 Å². The van der Waals surface area contributed by atoms with E-state index in [1.807, 2.05) is 30.3 Å². The monoisotopic (exact) mass is 414 g/mol. The number of aromatic nitrogens is 2. The molecule has 160 valence electrons. The van der Waals surface area contributed by atoms with Crippen molar-refractivity contribution in [3.8, 4) is 11.3 Å². The topological polar surface area (TPSA) is 50.3 Å². The normalized spacial score (nSPS) is 17.3. The minimum atomic E-state index is 0.780. The van der Waals surface area contributed by atoms with Crippen LogP contribution in [0.5, 0.6) is 0 Å². The van der Waals surface area contributed by atoms with Gasteiger partial charge in [0.05, 0.1) is 5.69 Å². The van der Waals surface area contributed by atoms with Crippen LogP contribution in [0.25, 0.3) is 11.3 Å². The molecule has 0 bridgehead atoms. The molecule has 1 saturated heterocycles. The minimum Gasteiger partial charge on any atom is -0.381 e. The maximum Gasteiger partial charge on any atom is 0.148 e. The van der Waals surface area contributed by atoms with Gasteiger partial charge in [-0.2, -0.15) is 0 Å². The van der Waals surface area contributed by atoms with E-state index in [-0.39, 0.29) is 0 Å². The molecule has 1 N–H and O–H groups in total.